The number of hydrogen-bond acceptors (Lipinski definition) is 6. The van der Waals surface area contributed by atoms with Crippen LogP contribution in [0.3, 0.4) is 0 Å². The summed E-state index contributed by atoms with van der Waals surface area (Å²) >= 11 is 0. The van der Waals surface area contributed by atoms with Gasteiger partial charge in [-0.2, -0.15) is 0 Å². The first-order valence-corrected chi connectivity index (χ1v) is 13.2. The van der Waals surface area contributed by atoms with E-state index in [0.29, 0.717) is 24.4 Å². The standard InChI is InChI=1S/C30H43N3O4.2ClH/c1-5-6-7-25(31)20-32-29(35)28(19-23-11-16-27(34)17-12-23)33-26(18-21(2)3)15-10-22-8-13-24(14-9-22)30(36)37-4;;/h8-17,21,25-26,28,33-34H,5-7,18-20,31H2,1-4H3,(H,32,35);2*1H/b15-10+;;/t25-,26+,28-;;/m0../s1. The third-order valence-corrected chi connectivity index (χ3v) is 6.15. The van der Waals surface area contributed by atoms with E-state index >= 15 is 0 Å². The first kappa shape index (κ1) is 36.4. The number of phenolic OH excluding ortho intramolecular Hbond substituents is 1. The normalized spacial score (nSPS) is 13.2. The Labute approximate surface area is 245 Å². The van der Waals surface area contributed by atoms with Gasteiger partial charge >= 0.3 is 5.97 Å². The van der Waals surface area contributed by atoms with Gasteiger partial charge in [-0.05, 0) is 60.6 Å². The number of carbonyl (C=O) groups is 2. The lowest BCUT2D eigenvalue weighted by molar-refractivity contribution is -0.123. The van der Waals surface area contributed by atoms with Gasteiger partial charge in [0.25, 0.3) is 0 Å². The van der Waals surface area contributed by atoms with Gasteiger partial charge in [0, 0.05) is 18.6 Å². The first-order valence-electron chi connectivity index (χ1n) is 13.2. The molecule has 7 nitrogen and oxygen atoms in total. The molecule has 2 aromatic carbocycles. The zero-order valence-electron chi connectivity index (χ0n) is 23.4. The van der Waals surface area contributed by atoms with Crippen LogP contribution in [0.1, 0.15) is 67.9 Å². The van der Waals surface area contributed by atoms with Crippen LogP contribution in [0.15, 0.2) is 54.6 Å². The van der Waals surface area contributed by atoms with Crippen molar-refractivity contribution in [3.05, 3.63) is 71.3 Å². The van der Waals surface area contributed by atoms with Crippen LogP contribution in [-0.2, 0) is 16.0 Å². The number of benzene rings is 2. The number of amides is 1. The minimum atomic E-state index is -0.474. The fraction of sp³-hybridized carbons (Fsp3) is 0.467. The molecule has 0 aromatic heterocycles. The van der Waals surface area contributed by atoms with Gasteiger partial charge in [-0.25, -0.2) is 4.79 Å². The van der Waals surface area contributed by atoms with E-state index in [1.807, 2.05) is 30.3 Å². The zero-order valence-corrected chi connectivity index (χ0v) is 25.0. The third kappa shape index (κ3) is 13.9. The number of carbonyl (C=O) groups excluding carboxylic acids is 2. The van der Waals surface area contributed by atoms with E-state index in [4.69, 9.17) is 10.5 Å². The number of phenols is 1. The molecule has 0 aliphatic heterocycles. The van der Waals surface area contributed by atoms with E-state index in [9.17, 15) is 14.7 Å². The van der Waals surface area contributed by atoms with Crippen LogP contribution < -0.4 is 16.4 Å². The van der Waals surface area contributed by atoms with E-state index in [-0.39, 0.29) is 54.5 Å². The predicted molar refractivity (Wildman–Crippen MR) is 164 cm³/mol. The van der Waals surface area contributed by atoms with Gasteiger partial charge in [-0.3, -0.25) is 10.1 Å². The molecule has 0 bridgehead atoms. The molecular formula is C30H45Cl2N3O4. The fourth-order valence-corrected chi connectivity index (χ4v) is 4.06. The summed E-state index contributed by atoms with van der Waals surface area (Å²) in [6, 6.07) is 13.5. The van der Waals surface area contributed by atoms with E-state index < -0.39 is 6.04 Å². The molecule has 2 rings (SSSR count). The molecule has 0 spiro atoms. The highest BCUT2D eigenvalue weighted by Crippen LogP contribution is 2.15. The number of methoxy groups -OCH3 is 1. The number of halogens is 2. The number of unbranched alkanes of at least 4 members (excludes halogenated alkanes) is 1. The van der Waals surface area contributed by atoms with Crippen molar-refractivity contribution in [2.75, 3.05) is 13.7 Å². The van der Waals surface area contributed by atoms with Gasteiger partial charge < -0.3 is 20.9 Å². The van der Waals surface area contributed by atoms with Crippen molar-refractivity contribution in [3.8, 4) is 5.75 Å². The number of aromatic hydroxyl groups is 1. The zero-order chi connectivity index (χ0) is 27.2. The van der Waals surface area contributed by atoms with Crippen molar-refractivity contribution in [1.29, 1.82) is 0 Å². The summed E-state index contributed by atoms with van der Waals surface area (Å²) in [5.41, 5.74) is 8.59. The quantitative estimate of drug-likeness (QED) is 0.213. The largest absolute Gasteiger partial charge is 0.508 e. The molecule has 0 radical (unpaired) electrons. The van der Waals surface area contributed by atoms with Crippen LogP contribution in [0, 0.1) is 5.92 Å². The molecule has 0 saturated heterocycles. The molecule has 39 heavy (non-hydrogen) atoms. The molecule has 0 heterocycles. The fourth-order valence-electron chi connectivity index (χ4n) is 4.06. The molecule has 218 valence electrons. The highest BCUT2D eigenvalue weighted by atomic mass is 35.5. The summed E-state index contributed by atoms with van der Waals surface area (Å²) in [6.45, 7) is 6.85. The minimum absolute atomic E-state index is 0. The summed E-state index contributed by atoms with van der Waals surface area (Å²) < 4.78 is 4.77. The Morgan fingerprint density at radius 2 is 1.69 bits per heavy atom. The van der Waals surface area contributed by atoms with Crippen molar-refractivity contribution < 1.29 is 19.4 Å². The average Bonchev–Trinajstić information content (AvgIpc) is 2.89. The maximum absolute atomic E-state index is 13.3. The molecule has 0 saturated carbocycles. The number of nitrogens with one attached hydrogen (secondary N) is 2. The predicted octanol–water partition coefficient (Wildman–Crippen LogP) is 5.28. The maximum atomic E-state index is 13.3. The van der Waals surface area contributed by atoms with E-state index in [1.165, 1.54) is 7.11 Å². The van der Waals surface area contributed by atoms with Crippen LogP contribution >= 0.6 is 24.8 Å². The summed E-state index contributed by atoms with van der Waals surface area (Å²) in [4.78, 5) is 25.0. The van der Waals surface area contributed by atoms with Crippen LogP contribution in [0.5, 0.6) is 5.75 Å². The van der Waals surface area contributed by atoms with Gasteiger partial charge in [0.2, 0.25) is 5.91 Å². The number of nitrogens with two attached hydrogens (primary N) is 1. The topological polar surface area (TPSA) is 114 Å². The first-order chi connectivity index (χ1) is 17.7. The van der Waals surface area contributed by atoms with Gasteiger partial charge in [-0.15, -0.1) is 24.8 Å². The molecule has 5 N–H and O–H groups in total. The number of ether oxygens (including phenoxy) is 1. The highest BCUT2D eigenvalue weighted by Gasteiger charge is 2.23. The number of hydrogen-bond donors (Lipinski definition) is 4. The van der Waals surface area contributed by atoms with Crippen molar-refractivity contribution in [3.63, 3.8) is 0 Å². The Balaban J connectivity index is 0.00000722. The molecule has 0 unspecified atom stereocenters. The summed E-state index contributed by atoms with van der Waals surface area (Å²) in [5.74, 6) is 0.138. The Bertz CT molecular complexity index is 998. The number of rotatable bonds is 15. The summed E-state index contributed by atoms with van der Waals surface area (Å²) in [7, 11) is 1.36. The van der Waals surface area contributed by atoms with Crippen molar-refractivity contribution in [1.82, 2.24) is 10.6 Å². The lowest BCUT2D eigenvalue weighted by atomic mass is 9.98. The lowest BCUT2D eigenvalue weighted by Crippen LogP contribution is -2.51. The van der Waals surface area contributed by atoms with Crippen LogP contribution in [0.4, 0.5) is 0 Å². The molecule has 1 amide bonds. The molecular weight excluding hydrogens is 537 g/mol. The molecule has 0 fully saturated rings. The molecule has 2 aromatic rings. The highest BCUT2D eigenvalue weighted by molar-refractivity contribution is 5.89. The monoisotopic (exact) mass is 581 g/mol. The van der Waals surface area contributed by atoms with Crippen LogP contribution in [0.2, 0.25) is 0 Å². The number of esters is 1. The van der Waals surface area contributed by atoms with Crippen molar-refractivity contribution in [2.24, 2.45) is 11.7 Å². The lowest BCUT2D eigenvalue weighted by Gasteiger charge is -2.25. The SMILES string of the molecule is CCCC[C@H](N)CNC(=O)[C@H](Cc1ccc(O)cc1)N[C@H](/C=C/c1ccc(C(=O)OC)cc1)CC(C)C.Cl.Cl. The van der Waals surface area contributed by atoms with Gasteiger partial charge in [0.15, 0.2) is 0 Å². The second-order valence-corrected chi connectivity index (χ2v) is 9.95. The Morgan fingerprint density at radius 3 is 2.26 bits per heavy atom. The van der Waals surface area contributed by atoms with E-state index in [2.05, 4.69) is 37.5 Å². The van der Waals surface area contributed by atoms with Gasteiger partial charge in [0.1, 0.15) is 5.75 Å². The second-order valence-electron chi connectivity index (χ2n) is 9.95. The van der Waals surface area contributed by atoms with E-state index in [0.717, 1.165) is 36.8 Å². The minimum Gasteiger partial charge on any atom is -0.508 e. The second kappa shape index (κ2) is 19.5. The molecule has 0 aliphatic carbocycles. The molecule has 9 heteroatoms. The summed E-state index contributed by atoms with van der Waals surface area (Å²) in [5, 5.41) is 16.2. The average molecular weight is 583 g/mol. The van der Waals surface area contributed by atoms with Crippen molar-refractivity contribution in [2.45, 2.75) is 71.0 Å². The summed E-state index contributed by atoms with van der Waals surface area (Å²) in [6.07, 6.45) is 8.36. The van der Waals surface area contributed by atoms with E-state index in [1.54, 1.807) is 24.3 Å². The van der Waals surface area contributed by atoms with Gasteiger partial charge in [0.05, 0.1) is 18.7 Å². The molecule has 3 atom stereocenters. The molecule has 0 aliphatic rings. The Morgan fingerprint density at radius 1 is 1.05 bits per heavy atom. The van der Waals surface area contributed by atoms with Crippen LogP contribution in [-0.4, -0.2) is 48.8 Å². The maximum Gasteiger partial charge on any atom is 0.337 e. The Hall–Kier alpha value is -2.58. The van der Waals surface area contributed by atoms with Crippen molar-refractivity contribution >= 4 is 42.8 Å². The smallest absolute Gasteiger partial charge is 0.337 e. The third-order valence-electron chi connectivity index (χ3n) is 6.15. The van der Waals surface area contributed by atoms with Gasteiger partial charge in [-0.1, -0.05) is 70.0 Å². The Kier molecular flexibility index (Phi) is 18.2. The van der Waals surface area contributed by atoms with Crippen LogP contribution in [0.25, 0.3) is 6.08 Å².